The lowest BCUT2D eigenvalue weighted by atomic mass is 9.86. The monoisotopic (exact) mass is 274 g/mol. The van der Waals surface area contributed by atoms with Crippen LogP contribution in [0.2, 0.25) is 0 Å². The predicted octanol–water partition coefficient (Wildman–Crippen LogP) is 5.65. The number of benzene rings is 1. The zero-order valence-electron chi connectivity index (χ0n) is 11.6. The van der Waals surface area contributed by atoms with Crippen LogP contribution in [-0.2, 0) is 0 Å². The van der Waals surface area contributed by atoms with Crippen LogP contribution in [0.3, 0.4) is 0 Å². The molecule has 0 spiro atoms. The molecule has 1 aromatic rings. The molecular weight excluding hydrogens is 254 g/mol. The van der Waals surface area contributed by atoms with Gasteiger partial charge in [-0.3, -0.25) is 0 Å². The third-order valence-corrected chi connectivity index (χ3v) is 3.62. The summed E-state index contributed by atoms with van der Waals surface area (Å²) in [5, 5.41) is 0. The SMILES string of the molecule is C=CCCCCC1(F)C=CC(c2ccccc2)C(F)=C1. The van der Waals surface area contributed by atoms with Crippen molar-refractivity contribution in [2.24, 2.45) is 0 Å². The Balaban J connectivity index is 2.03. The molecule has 106 valence electrons. The van der Waals surface area contributed by atoms with Crippen LogP contribution in [0, 0.1) is 0 Å². The van der Waals surface area contributed by atoms with Gasteiger partial charge in [-0.1, -0.05) is 42.5 Å². The van der Waals surface area contributed by atoms with Gasteiger partial charge in [-0.2, -0.15) is 0 Å². The van der Waals surface area contributed by atoms with E-state index in [1.807, 2.05) is 36.4 Å². The Hall–Kier alpha value is -1.70. The first-order chi connectivity index (χ1) is 9.64. The molecule has 1 aliphatic rings. The number of hydrogen-bond acceptors (Lipinski definition) is 0. The van der Waals surface area contributed by atoms with Gasteiger partial charge in [0.05, 0.1) is 5.92 Å². The van der Waals surface area contributed by atoms with E-state index in [0.717, 1.165) is 30.9 Å². The second-order valence-corrected chi connectivity index (χ2v) is 5.24. The quantitative estimate of drug-likeness (QED) is 0.464. The molecule has 0 bridgehead atoms. The van der Waals surface area contributed by atoms with Crippen molar-refractivity contribution in [3.8, 4) is 0 Å². The molecule has 20 heavy (non-hydrogen) atoms. The zero-order chi connectivity index (χ0) is 14.4. The molecule has 0 N–H and O–H groups in total. The smallest absolute Gasteiger partial charge is 0.150 e. The Kier molecular flexibility index (Phi) is 4.89. The van der Waals surface area contributed by atoms with Crippen LogP contribution in [0.1, 0.15) is 37.2 Å². The van der Waals surface area contributed by atoms with Crippen LogP contribution in [0.5, 0.6) is 0 Å². The summed E-state index contributed by atoms with van der Waals surface area (Å²) in [7, 11) is 0. The fourth-order valence-corrected chi connectivity index (χ4v) is 2.49. The number of hydrogen-bond donors (Lipinski definition) is 0. The fraction of sp³-hybridized carbons (Fsp3) is 0.333. The molecule has 0 aromatic heterocycles. The lowest BCUT2D eigenvalue weighted by molar-refractivity contribution is 0.261. The van der Waals surface area contributed by atoms with Crippen molar-refractivity contribution in [2.45, 2.75) is 37.3 Å². The highest BCUT2D eigenvalue weighted by Gasteiger charge is 2.30. The lowest BCUT2D eigenvalue weighted by Crippen LogP contribution is -2.21. The van der Waals surface area contributed by atoms with Crippen LogP contribution in [-0.4, -0.2) is 5.67 Å². The minimum absolute atomic E-state index is 0.326. The molecule has 0 amide bonds. The lowest BCUT2D eigenvalue weighted by Gasteiger charge is -2.25. The summed E-state index contributed by atoms with van der Waals surface area (Å²) in [5.74, 6) is -0.849. The zero-order valence-corrected chi connectivity index (χ0v) is 11.6. The summed E-state index contributed by atoms with van der Waals surface area (Å²) in [6, 6.07) is 9.33. The van der Waals surface area contributed by atoms with Crippen molar-refractivity contribution >= 4 is 0 Å². The van der Waals surface area contributed by atoms with Crippen LogP contribution in [0.4, 0.5) is 8.78 Å². The first-order valence-corrected chi connectivity index (χ1v) is 7.07. The van der Waals surface area contributed by atoms with Crippen molar-refractivity contribution in [3.05, 3.63) is 72.6 Å². The summed E-state index contributed by atoms with van der Waals surface area (Å²) in [6.45, 7) is 3.64. The summed E-state index contributed by atoms with van der Waals surface area (Å²) in [4.78, 5) is 0. The third-order valence-electron chi connectivity index (χ3n) is 3.62. The van der Waals surface area contributed by atoms with Crippen LogP contribution in [0.15, 0.2) is 67.0 Å². The van der Waals surface area contributed by atoms with Gasteiger partial charge in [-0.05, 0) is 43.4 Å². The van der Waals surface area contributed by atoms with E-state index in [-0.39, 0.29) is 0 Å². The van der Waals surface area contributed by atoms with E-state index in [9.17, 15) is 8.78 Å². The summed E-state index contributed by atoms with van der Waals surface area (Å²) >= 11 is 0. The van der Waals surface area contributed by atoms with Crippen molar-refractivity contribution in [1.29, 1.82) is 0 Å². The van der Waals surface area contributed by atoms with Gasteiger partial charge in [0.25, 0.3) is 0 Å². The average Bonchev–Trinajstić information content (AvgIpc) is 2.45. The van der Waals surface area contributed by atoms with Gasteiger partial charge >= 0.3 is 0 Å². The van der Waals surface area contributed by atoms with E-state index >= 15 is 0 Å². The standard InChI is InChI=1S/C18H20F2/c1-2-3-4-8-12-18(20)13-11-16(17(19)14-18)15-9-6-5-7-10-15/h2,5-7,9-11,13-14,16H,1,3-4,8,12H2. The molecule has 2 heteroatoms. The second-order valence-electron chi connectivity index (χ2n) is 5.24. The van der Waals surface area contributed by atoms with Gasteiger partial charge in [0, 0.05) is 0 Å². The Morgan fingerprint density at radius 1 is 1.20 bits per heavy atom. The average molecular weight is 274 g/mol. The maximum Gasteiger partial charge on any atom is 0.150 e. The van der Waals surface area contributed by atoms with Gasteiger partial charge in [-0.15, -0.1) is 6.58 Å². The largest absolute Gasteiger partial charge is 0.235 e. The highest BCUT2D eigenvalue weighted by atomic mass is 19.1. The van der Waals surface area contributed by atoms with E-state index < -0.39 is 17.4 Å². The minimum Gasteiger partial charge on any atom is -0.235 e. The van der Waals surface area contributed by atoms with Crippen molar-refractivity contribution in [3.63, 3.8) is 0 Å². The molecule has 2 rings (SSSR count). The number of halogens is 2. The van der Waals surface area contributed by atoms with Gasteiger partial charge < -0.3 is 0 Å². The Labute approximate surface area is 119 Å². The first-order valence-electron chi connectivity index (χ1n) is 7.07. The molecule has 0 heterocycles. The maximum atomic E-state index is 14.5. The first kappa shape index (κ1) is 14.7. The highest BCUT2D eigenvalue weighted by Crippen LogP contribution is 2.37. The molecule has 0 aliphatic heterocycles. The van der Waals surface area contributed by atoms with Gasteiger partial charge in [0.15, 0.2) is 0 Å². The van der Waals surface area contributed by atoms with E-state index in [2.05, 4.69) is 6.58 Å². The molecule has 0 saturated heterocycles. The Bertz CT molecular complexity index is 501. The summed E-state index contributed by atoms with van der Waals surface area (Å²) in [6.07, 6.45) is 8.92. The summed E-state index contributed by atoms with van der Waals surface area (Å²) < 4.78 is 28.7. The second kappa shape index (κ2) is 6.65. The van der Waals surface area contributed by atoms with E-state index in [1.165, 1.54) is 6.08 Å². The minimum atomic E-state index is -1.64. The Morgan fingerprint density at radius 2 is 1.95 bits per heavy atom. The number of unbranched alkanes of at least 4 members (excludes halogenated alkanes) is 2. The van der Waals surface area contributed by atoms with E-state index in [4.69, 9.17) is 0 Å². The number of alkyl halides is 1. The molecular formula is C18H20F2. The Morgan fingerprint density at radius 3 is 2.60 bits per heavy atom. The van der Waals surface area contributed by atoms with Crippen LogP contribution in [0.25, 0.3) is 0 Å². The van der Waals surface area contributed by atoms with Gasteiger partial charge in [0.2, 0.25) is 0 Å². The van der Waals surface area contributed by atoms with Crippen molar-refractivity contribution in [2.75, 3.05) is 0 Å². The summed E-state index contributed by atoms with van der Waals surface area (Å²) in [5.41, 5.74) is -0.789. The predicted molar refractivity (Wildman–Crippen MR) is 80.0 cm³/mol. The molecule has 1 aliphatic carbocycles. The number of allylic oxidation sites excluding steroid dienone is 5. The maximum absolute atomic E-state index is 14.5. The number of rotatable bonds is 6. The van der Waals surface area contributed by atoms with Crippen molar-refractivity contribution < 1.29 is 8.78 Å². The van der Waals surface area contributed by atoms with Crippen LogP contribution < -0.4 is 0 Å². The molecule has 0 nitrogen and oxygen atoms in total. The molecule has 0 saturated carbocycles. The van der Waals surface area contributed by atoms with Gasteiger partial charge in [-0.25, -0.2) is 8.78 Å². The van der Waals surface area contributed by atoms with Crippen LogP contribution >= 0.6 is 0 Å². The van der Waals surface area contributed by atoms with Gasteiger partial charge in [0.1, 0.15) is 11.5 Å². The third kappa shape index (κ3) is 3.66. The fourth-order valence-electron chi connectivity index (χ4n) is 2.49. The molecule has 2 atom stereocenters. The molecule has 0 fully saturated rings. The molecule has 0 radical (unpaired) electrons. The topological polar surface area (TPSA) is 0 Å². The van der Waals surface area contributed by atoms with E-state index in [1.54, 1.807) is 6.08 Å². The molecule has 1 aromatic carbocycles. The molecule has 2 unspecified atom stereocenters. The highest BCUT2D eigenvalue weighted by molar-refractivity contribution is 5.37. The van der Waals surface area contributed by atoms with E-state index in [0.29, 0.717) is 6.42 Å². The van der Waals surface area contributed by atoms with Crippen molar-refractivity contribution in [1.82, 2.24) is 0 Å². The normalized spacial score (nSPS) is 25.3.